The van der Waals surface area contributed by atoms with E-state index in [1.54, 1.807) is 6.92 Å². The van der Waals surface area contributed by atoms with Gasteiger partial charge in [0.05, 0.1) is 12.4 Å². The van der Waals surface area contributed by atoms with E-state index in [1.165, 1.54) is 0 Å². The third-order valence-corrected chi connectivity index (χ3v) is 2.65. The van der Waals surface area contributed by atoms with Gasteiger partial charge in [-0.15, -0.1) is 17.5 Å². The number of carbonyl (C=O) groups excluding carboxylic acids is 1. The molecule has 15 heavy (non-hydrogen) atoms. The minimum atomic E-state index is -0.0273. The van der Waals surface area contributed by atoms with E-state index in [0.29, 0.717) is 12.1 Å². The monoisotopic (exact) mass is 223 g/mol. The number of nitrogens with zero attached hydrogens (tertiary/aromatic N) is 1. The van der Waals surface area contributed by atoms with E-state index >= 15 is 0 Å². The molecule has 0 amide bonds. The van der Waals surface area contributed by atoms with Gasteiger partial charge in [0, 0.05) is 17.0 Å². The Kier molecular flexibility index (Phi) is 3.99. The highest BCUT2D eigenvalue weighted by Crippen LogP contribution is 2.15. The van der Waals surface area contributed by atoms with Gasteiger partial charge in [0.25, 0.3) is 0 Å². The molecule has 1 heterocycles. The van der Waals surface area contributed by atoms with E-state index in [4.69, 9.17) is 11.6 Å². The normalized spacial score (nSPS) is 9.60. The van der Waals surface area contributed by atoms with Gasteiger partial charge < -0.3 is 4.57 Å². The molecule has 1 rings (SSSR count). The Morgan fingerprint density at radius 1 is 1.53 bits per heavy atom. The van der Waals surface area contributed by atoms with Crippen LogP contribution >= 0.6 is 11.6 Å². The van der Waals surface area contributed by atoms with Crippen LogP contribution in [0.4, 0.5) is 0 Å². The number of halogens is 1. The van der Waals surface area contributed by atoms with Crippen molar-refractivity contribution in [2.75, 3.05) is 5.88 Å². The third-order valence-electron chi connectivity index (χ3n) is 2.41. The first kappa shape index (κ1) is 11.9. The molecule has 0 fully saturated rings. The Labute approximate surface area is 95.2 Å². The van der Waals surface area contributed by atoms with E-state index in [0.717, 1.165) is 11.4 Å². The van der Waals surface area contributed by atoms with E-state index in [9.17, 15) is 4.79 Å². The molecule has 0 unspecified atom stereocenters. The number of ketones is 1. The summed E-state index contributed by atoms with van der Waals surface area (Å²) in [6.45, 7) is 6.32. The van der Waals surface area contributed by atoms with Crippen LogP contribution in [0.25, 0.3) is 0 Å². The summed E-state index contributed by atoms with van der Waals surface area (Å²) in [6, 6.07) is 1.87. The lowest BCUT2D eigenvalue weighted by molar-refractivity contribution is 0.102. The van der Waals surface area contributed by atoms with Gasteiger partial charge in [-0.05, 0) is 26.8 Å². The van der Waals surface area contributed by atoms with Crippen molar-refractivity contribution in [2.45, 2.75) is 27.3 Å². The van der Waals surface area contributed by atoms with Crippen LogP contribution in [-0.2, 0) is 6.54 Å². The summed E-state index contributed by atoms with van der Waals surface area (Å²) in [7, 11) is 0. The maximum absolute atomic E-state index is 11.5. The maximum atomic E-state index is 11.5. The summed E-state index contributed by atoms with van der Waals surface area (Å²) in [4.78, 5) is 11.5. The van der Waals surface area contributed by atoms with Gasteiger partial charge in [0.1, 0.15) is 0 Å². The zero-order valence-electron chi connectivity index (χ0n) is 9.22. The predicted molar refractivity (Wildman–Crippen MR) is 62.4 cm³/mol. The standard InChI is InChI=1S/C12H14ClNO/c1-4-5-6-14-9(2)7-11(10(14)3)12(15)8-13/h7H,6,8H2,1-3H3. The molecule has 0 aliphatic heterocycles. The fourth-order valence-electron chi connectivity index (χ4n) is 1.56. The minimum Gasteiger partial charge on any atom is -0.337 e. The molecule has 0 aliphatic carbocycles. The van der Waals surface area contributed by atoms with Gasteiger partial charge in [-0.2, -0.15) is 0 Å². The molecular formula is C12H14ClNO. The molecule has 80 valence electrons. The maximum Gasteiger partial charge on any atom is 0.179 e. The Morgan fingerprint density at radius 2 is 2.20 bits per heavy atom. The molecule has 0 bridgehead atoms. The van der Waals surface area contributed by atoms with Crippen LogP contribution in [0.2, 0.25) is 0 Å². The van der Waals surface area contributed by atoms with Crippen LogP contribution in [-0.4, -0.2) is 16.2 Å². The number of aryl methyl sites for hydroxylation is 1. The molecule has 0 atom stereocenters. The summed E-state index contributed by atoms with van der Waals surface area (Å²) in [5, 5.41) is 0. The first-order valence-electron chi connectivity index (χ1n) is 4.77. The molecule has 0 saturated carbocycles. The second-order valence-corrected chi connectivity index (χ2v) is 3.62. The lowest BCUT2D eigenvalue weighted by Gasteiger charge is -2.04. The van der Waals surface area contributed by atoms with E-state index in [2.05, 4.69) is 11.8 Å². The molecule has 0 N–H and O–H groups in total. The Balaban J connectivity index is 3.12. The minimum absolute atomic E-state index is 0.0273. The molecule has 0 spiro atoms. The predicted octanol–water partition coefficient (Wildman–Crippen LogP) is 2.55. The van der Waals surface area contributed by atoms with Gasteiger partial charge >= 0.3 is 0 Å². The molecule has 0 aliphatic rings. The first-order valence-corrected chi connectivity index (χ1v) is 5.30. The number of carbonyl (C=O) groups is 1. The second kappa shape index (κ2) is 5.04. The van der Waals surface area contributed by atoms with Crippen molar-refractivity contribution in [1.29, 1.82) is 0 Å². The highest BCUT2D eigenvalue weighted by atomic mass is 35.5. The van der Waals surface area contributed by atoms with E-state index in [1.807, 2.05) is 24.5 Å². The van der Waals surface area contributed by atoms with Crippen LogP contribution in [0.3, 0.4) is 0 Å². The number of aromatic nitrogens is 1. The van der Waals surface area contributed by atoms with Gasteiger partial charge in [-0.3, -0.25) is 4.79 Å². The Morgan fingerprint density at radius 3 is 2.73 bits per heavy atom. The molecule has 1 aromatic heterocycles. The van der Waals surface area contributed by atoms with Gasteiger partial charge in [-0.1, -0.05) is 5.92 Å². The third kappa shape index (κ3) is 2.43. The van der Waals surface area contributed by atoms with Gasteiger partial charge in [0.2, 0.25) is 0 Å². The van der Waals surface area contributed by atoms with Crippen LogP contribution in [0.1, 0.15) is 28.7 Å². The molecule has 0 saturated heterocycles. The number of hydrogen-bond acceptors (Lipinski definition) is 1. The van der Waals surface area contributed by atoms with E-state index in [-0.39, 0.29) is 11.7 Å². The zero-order chi connectivity index (χ0) is 11.4. The second-order valence-electron chi connectivity index (χ2n) is 3.35. The zero-order valence-corrected chi connectivity index (χ0v) is 9.98. The number of hydrogen-bond donors (Lipinski definition) is 0. The molecular weight excluding hydrogens is 210 g/mol. The number of alkyl halides is 1. The molecule has 0 aromatic carbocycles. The lowest BCUT2D eigenvalue weighted by Crippen LogP contribution is -2.05. The molecule has 3 heteroatoms. The summed E-state index contributed by atoms with van der Waals surface area (Å²) in [6.07, 6.45) is 0. The topological polar surface area (TPSA) is 22.0 Å². The highest BCUT2D eigenvalue weighted by Gasteiger charge is 2.13. The van der Waals surface area contributed by atoms with Gasteiger partial charge in [-0.25, -0.2) is 0 Å². The average Bonchev–Trinajstić information content (AvgIpc) is 2.51. The summed E-state index contributed by atoms with van der Waals surface area (Å²) in [5.74, 6) is 5.83. The van der Waals surface area contributed by atoms with Crippen LogP contribution < -0.4 is 0 Å². The first-order chi connectivity index (χ1) is 7.11. The average molecular weight is 224 g/mol. The van der Waals surface area contributed by atoms with Crippen molar-refractivity contribution in [3.05, 3.63) is 23.0 Å². The largest absolute Gasteiger partial charge is 0.337 e. The summed E-state index contributed by atoms with van der Waals surface area (Å²) >= 11 is 5.54. The van der Waals surface area contributed by atoms with Crippen molar-refractivity contribution < 1.29 is 4.79 Å². The number of Topliss-reactive ketones (excluding diaryl/α,β-unsaturated/α-hetero) is 1. The van der Waals surface area contributed by atoms with Crippen molar-refractivity contribution >= 4 is 17.4 Å². The fourth-order valence-corrected chi connectivity index (χ4v) is 1.70. The molecule has 0 radical (unpaired) electrons. The lowest BCUT2D eigenvalue weighted by atomic mass is 10.2. The van der Waals surface area contributed by atoms with Gasteiger partial charge in [0.15, 0.2) is 5.78 Å². The van der Waals surface area contributed by atoms with Crippen molar-refractivity contribution in [3.8, 4) is 11.8 Å². The van der Waals surface area contributed by atoms with Crippen molar-refractivity contribution in [3.63, 3.8) is 0 Å². The SMILES string of the molecule is CC#CCn1c(C)cc(C(=O)CCl)c1C. The molecule has 1 aromatic rings. The van der Waals surface area contributed by atoms with Crippen molar-refractivity contribution in [1.82, 2.24) is 4.57 Å². The Bertz CT molecular complexity index is 434. The highest BCUT2D eigenvalue weighted by molar-refractivity contribution is 6.30. The van der Waals surface area contributed by atoms with Crippen LogP contribution in [0.5, 0.6) is 0 Å². The summed E-state index contributed by atoms with van der Waals surface area (Å²) in [5.41, 5.74) is 2.70. The fraction of sp³-hybridized carbons (Fsp3) is 0.417. The summed E-state index contributed by atoms with van der Waals surface area (Å²) < 4.78 is 2.02. The quantitative estimate of drug-likeness (QED) is 0.439. The smallest absolute Gasteiger partial charge is 0.179 e. The molecule has 2 nitrogen and oxygen atoms in total. The van der Waals surface area contributed by atoms with Crippen LogP contribution in [0, 0.1) is 25.7 Å². The Hall–Kier alpha value is -1.20. The number of rotatable bonds is 3. The van der Waals surface area contributed by atoms with Crippen LogP contribution in [0.15, 0.2) is 6.07 Å². The van der Waals surface area contributed by atoms with Crippen molar-refractivity contribution in [2.24, 2.45) is 0 Å². The van der Waals surface area contributed by atoms with E-state index < -0.39 is 0 Å².